The van der Waals surface area contributed by atoms with Gasteiger partial charge in [0, 0.05) is 11.1 Å². The van der Waals surface area contributed by atoms with Crippen molar-refractivity contribution in [3.63, 3.8) is 0 Å². The van der Waals surface area contributed by atoms with Crippen LogP contribution in [0.5, 0.6) is 0 Å². The maximum atomic E-state index is 6.53. The Morgan fingerprint density at radius 3 is 2.67 bits per heavy atom. The zero-order chi connectivity index (χ0) is 6.78. The standard InChI is InChI=1S/C2H5NS2.Na/c1-3-2(4)5;/h1H3,(H2,3,4,5);/q;+1/p-1/i1D3;. The van der Waals surface area contributed by atoms with Crippen molar-refractivity contribution in [3.8, 4) is 0 Å². The van der Waals surface area contributed by atoms with Gasteiger partial charge >= 0.3 is 29.6 Å². The molecule has 1 nitrogen and oxygen atoms in total. The molecule has 0 fully saturated rings. The maximum absolute atomic E-state index is 6.53. The van der Waals surface area contributed by atoms with Crippen molar-refractivity contribution in [1.29, 1.82) is 0 Å². The summed E-state index contributed by atoms with van der Waals surface area (Å²) in [6.07, 6.45) is 0. The summed E-state index contributed by atoms with van der Waals surface area (Å²) in [6, 6.07) is 0. The molecule has 0 heterocycles. The van der Waals surface area contributed by atoms with E-state index in [4.69, 9.17) is 4.11 Å². The van der Waals surface area contributed by atoms with Gasteiger partial charge in [-0.1, -0.05) is 4.32 Å². The molecule has 0 rings (SSSR count). The second-order valence-electron chi connectivity index (χ2n) is 0.412. The second-order valence-corrected chi connectivity index (χ2v) is 1.49. The molecular formula is C2H4NNaS2. The number of rotatable bonds is 0. The van der Waals surface area contributed by atoms with Gasteiger partial charge in [0.2, 0.25) is 0 Å². The molecular weight excluding hydrogens is 125 g/mol. The molecule has 0 aromatic rings. The maximum Gasteiger partial charge on any atom is 1.00 e. The smallest absolute Gasteiger partial charge is 0.412 e. The zero-order valence-electron chi connectivity index (χ0n) is 6.32. The summed E-state index contributed by atoms with van der Waals surface area (Å²) < 4.78 is 19.5. The number of thiocarbonyl (C=S) groups is 1. The molecule has 0 aromatic carbocycles. The third-order valence-corrected chi connectivity index (χ3v) is 0.306. The van der Waals surface area contributed by atoms with E-state index < -0.39 is 6.98 Å². The molecule has 0 saturated heterocycles. The van der Waals surface area contributed by atoms with E-state index >= 15 is 0 Å². The summed E-state index contributed by atoms with van der Waals surface area (Å²) >= 11 is 8.57. The van der Waals surface area contributed by atoms with Crippen molar-refractivity contribution in [2.24, 2.45) is 0 Å². The van der Waals surface area contributed by atoms with Gasteiger partial charge in [-0.05, 0) is 0 Å². The molecule has 6 heavy (non-hydrogen) atoms. The van der Waals surface area contributed by atoms with Crippen LogP contribution in [0.4, 0.5) is 0 Å². The Balaban J connectivity index is 0. The molecule has 0 bridgehead atoms. The van der Waals surface area contributed by atoms with Gasteiger partial charge in [0.05, 0.1) is 0 Å². The average molecular weight is 132 g/mol. The first kappa shape index (κ1) is 4.04. The van der Waals surface area contributed by atoms with E-state index in [0.29, 0.717) is 0 Å². The van der Waals surface area contributed by atoms with Crippen LogP contribution in [0.15, 0.2) is 0 Å². The van der Waals surface area contributed by atoms with E-state index in [1.165, 1.54) is 0 Å². The first-order chi connectivity index (χ1) is 3.42. The fraction of sp³-hybridized carbons (Fsp3) is 0.500. The zero-order valence-corrected chi connectivity index (χ0v) is 6.95. The monoisotopic (exact) mass is 132 g/mol. The van der Waals surface area contributed by atoms with Gasteiger partial charge in [0.25, 0.3) is 0 Å². The van der Waals surface area contributed by atoms with E-state index in [1.807, 2.05) is 5.32 Å². The molecule has 1 N–H and O–H groups in total. The molecule has 0 unspecified atom stereocenters. The van der Waals surface area contributed by atoms with Gasteiger partial charge in [-0.15, -0.1) is 0 Å². The molecule has 0 radical (unpaired) electrons. The molecule has 0 saturated carbocycles. The van der Waals surface area contributed by atoms with Gasteiger partial charge in [0.15, 0.2) is 0 Å². The van der Waals surface area contributed by atoms with E-state index in [9.17, 15) is 0 Å². The third-order valence-electron chi connectivity index (χ3n) is 0.102. The van der Waals surface area contributed by atoms with Crippen molar-refractivity contribution in [3.05, 3.63) is 0 Å². The first-order valence-corrected chi connectivity index (χ1v) is 1.72. The van der Waals surface area contributed by atoms with Crippen LogP contribution in [0.1, 0.15) is 4.11 Å². The SMILES string of the molecule is [2H]C([2H])([2H])NC(=S)[S-].[Na+]. The van der Waals surface area contributed by atoms with E-state index in [1.54, 1.807) is 0 Å². The van der Waals surface area contributed by atoms with Gasteiger partial charge in [-0.3, -0.25) is 0 Å². The minimum Gasteiger partial charge on any atom is -0.412 e. The Labute approximate surface area is 74.8 Å². The van der Waals surface area contributed by atoms with Crippen molar-refractivity contribution >= 4 is 29.2 Å². The fourth-order valence-corrected chi connectivity index (χ4v) is 0. The Bertz CT molecular complexity index is 102. The molecule has 30 valence electrons. The van der Waals surface area contributed by atoms with Gasteiger partial charge in [-0.25, -0.2) is 0 Å². The minimum absolute atomic E-state index is 0. The van der Waals surface area contributed by atoms with Crippen molar-refractivity contribution in [2.45, 2.75) is 0 Å². The first-order valence-electron chi connectivity index (χ1n) is 2.41. The summed E-state index contributed by atoms with van der Waals surface area (Å²) in [5, 5.41) is 1.93. The molecule has 0 atom stereocenters. The van der Waals surface area contributed by atoms with Crippen LogP contribution in [0, 0.1) is 0 Å². The number of hydrogen-bond donors (Lipinski definition) is 1. The Morgan fingerprint density at radius 1 is 2.17 bits per heavy atom. The Hall–Kier alpha value is 1.11. The van der Waals surface area contributed by atoms with Crippen molar-refractivity contribution in [1.82, 2.24) is 5.32 Å². The topological polar surface area (TPSA) is 12.0 Å². The number of hydrogen-bond acceptors (Lipinski definition) is 2. The summed E-state index contributed by atoms with van der Waals surface area (Å²) in [4.78, 5) is 0. The number of nitrogens with one attached hydrogen (secondary N) is 1. The molecule has 0 aliphatic heterocycles. The fourth-order valence-electron chi connectivity index (χ4n) is 0. The van der Waals surface area contributed by atoms with Crippen molar-refractivity contribution < 1.29 is 33.7 Å². The summed E-state index contributed by atoms with van der Waals surface area (Å²) in [5.74, 6) is 0. The molecule has 0 aliphatic rings. The van der Waals surface area contributed by atoms with Crippen LogP contribution >= 0.6 is 12.2 Å². The van der Waals surface area contributed by atoms with Gasteiger partial charge < -0.3 is 30.2 Å². The van der Waals surface area contributed by atoms with Gasteiger partial charge in [0.1, 0.15) is 0 Å². The third kappa shape index (κ3) is 8.92. The molecule has 0 spiro atoms. The Morgan fingerprint density at radius 2 is 2.67 bits per heavy atom. The quantitative estimate of drug-likeness (QED) is 0.215. The van der Waals surface area contributed by atoms with Crippen LogP contribution in [-0.2, 0) is 12.6 Å². The summed E-state index contributed by atoms with van der Waals surface area (Å²) in [7, 11) is 0. The largest absolute Gasteiger partial charge is 1.00 e. The molecule has 0 amide bonds. The predicted molar refractivity (Wildman–Crippen MR) is 29.0 cm³/mol. The van der Waals surface area contributed by atoms with Crippen LogP contribution in [-0.4, -0.2) is 11.3 Å². The van der Waals surface area contributed by atoms with Crippen LogP contribution < -0.4 is 34.9 Å². The van der Waals surface area contributed by atoms with Gasteiger partial charge in [-0.2, -0.15) is 0 Å². The second kappa shape index (κ2) is 6.11. The van der Waals surface area contributed by atoms with E-state index in [0.717, 1.165) is 0 Å². The average Bonchev–Trinajstić information content (AvgIpc) is 1.21. The normalized spacial score (nSPS) is 15.0. The van der Waals surface area contributed by atoms with Crippen LogP contribution in [0.3, 0.4) is 0 Å². The van der Waals surface area contributed by atoms with Crippen LogP contribution in [0.25, 0.3) is 0 Å². The van der Waals surface area contributed by atoms with Crippen LogP contribution in [0.2, 0.25) is 0 Å². The Kier molecular flexibility index (Phi) is 4.11. The summed E-state index contributed by atoms with van der Waals surface area (Å²) in [6.45, 7) is -2.22. The molecule has 0 aliphatic carbocycles. The predicted octanol–water partition coefficient (Wildman–Crippen LogP) is -2.96. The van der Waals surface area contributed by atoms with E-state index in [2.05, 4.69) is 24.8 Å². The molecule has 0 aromatic heterocycles. The minimum atomic E-state index is -2.22. The molecule has 4 heteroatoms. The van der Waals surface area contributed by atoms with E-state index in [-0.39, 0.29) is 33.9 Å². The summed E-state index contributed by atoms with van der Waals surface area (Å²) in [5.41, 5.74) is 0. The van der Waals surface area contributed by atoms with Crippen molar-refractivity contribution in [2.75, 3.05) is 6.98 Å².